The summed E-state index contributed by atoms with van der Waals surface area (Å²) < 4.78 is 11.2. The molecule has 0 atom stereocenters. The first-order valence-corrected chi connectivity index (χ1v) is 12.4. The molecule has 1 aliphatic rings. The first kappa shape index (κ1) is 29.6. The van der Waals surface area contributed by atoms with E-state index in [9.17, 15) is 4.79 Å². The number of nitrogens with one attached hydrogen (secondary N) is 2. The highest BCUT2D eigenvalue weighted by atomic mass is 127. The average molecular weight is 559 g/mol. The van der Waals surface area contributed by atoms with Crippen LogP contribution < -0.4 is 10.6 Å². The number of carbonyl (C=O) groups excluding carboxylic acids is 1. The van der Waals surface area contributed by atoms with Gasteiger partial charge in [-0.1, -0.05) is 0 Å². The summed E-state index contributed by atoms with van der Waals surface area (Å²) in [5.41, 5.74) is -0.460. The Labute approximate surface area is 204 Å². The number of halogens is 1. The van der Waals surface area contributed by atoms with Crippen LogP contribution in [-0.2, 0) is 9.47 Å². The number of hydrogen-bond donors (Lipinski definition) is 2. The molecule has 0 unspecified atom stereocenters. The van der Waals surface area contributed by atoms with Crippen molar-refractivity contribution in [2.75, 3.05) is 51.3 Å². The number of guanidine groups is 1. The normalized spacial score (nSPS) is 15.5. The van der Waals surface area contributed by atoms with Gasteiger partial charge in [-0.3, -0.25) is 4.99 Å². The van der Waals surface area contributed by atoms with Crippen LogP contribution in [0.15, 0.2) is 4.99 Å². The first-order valence-electron chi connectivity index (χ1n) is 11.0. The number of alkyl carbamates (subject to hydrolysis) is 1. The highest BCUT2D eigenvalue weighted by Crippen LogP contribution is 2.14. The molecule has 1 aliphatic heterocycles. The highest BCUT2D eigenvalue weighted by Gasteiger charge is 2.22. The molecule has 0 aromatic heterocycles. The van der Waals surface area contributed by atoms with E-state index in [1.165, 1.54) is 12.2 Å². The fourth-order valence-electron chi connectivity index (χ4n) is 3.03. The van der Waals surface area contributed by atoms with Crippen molar-refractivity contribution in [1.82, 2.24) is 15.5 Å². The Morgan fingerprint density at radius 1 is 1.17 bits per heavy atom. The Balaban J connectivity index is 0.00000841. The van der Waals surface area contributed by atoms with E-state index in [4.69, 9.17) is 14.5 Å². The van der Waals surface area contributed by atoms with Crippen molar-refractivity contribution in [3.05, 3.63) is 0 Å². The van der Waals surface area contributed by atoms with Crippen LogP contribution in [0.5, 0.6) is 0 Å². The summed E-state index contributed by atoms with van der Waals surface area (Å²) in [6.45, 7) is 12.7. The second-order valence-corrected chi connectivity index (χ2v) is 9.26. The number of amides is 1. The number of rotatable bonds is 11. The summed E-state index contributed by atoms with van der Waals surface area (Å²) in [6, 6.07) is 0. The Morgan fingerprint density at radius 3 is 2.47 bits per heavy atom. The van der Waals surface area contributed by atoms with Crippen molar-refractivity contribution >= 4 is 47.8 Å². The molecule has 1 fully saturated rings. The van der Waals surface area contributed by atoms with Gasteiger partial charge in [0.2, 0.25) is 0 Å². The lowest BCUT2D eigenvalue weighted by Gasteiger charge is -2.34. The lowest BCUT2D eigenvalue weighted by atomic mass is 10.1. The average Bonchev–Trinajstić information content (AvgIpc) is 2.66. The van der Waals surface area contributed by atoms with Crippen molar-refractivity contribution < 1.29 is 14.3 Å². The maximum absolute atomic E-state index is 11.6. The third-order valence-electron chi connectivity index (χ3n) is 4.44. The highest BCUT2D eigenvalue weighted by molar-refractivity contribution is 14.0. The van der Waals surface area contributed by atoms with Gasteiger partial charge in [-0.25, -0.2) is 4.79 Å². The molecule has 7 nitrogen and oxygen atoms in total. The van der Waals surface area contributed by atoms with E-state index in [2.05, 4.69) is 28.7 Å². The van der Waals surface area contributed by atoms with Gasteiger partial charge in [0, 0.05) is 39.3 Å². The zero-order valence-corrected chi connectivity index (χ0v) is 22.6. The summed E-state index contributed by atoms with van der Waals surface area (Å²) >= 11 is 1.90. The maximum atomic E-state index is 11.6. The van der Waals surface area contributed by atoms with E-state index in [0.717, 1.165) is 57.8 Å². The van der Waals surface area contributed by atoms with Crippen LogP contribution in [0.2, 0.25) is 0 Å². The molecule has 1 heterocycles. The lowest BCUT2D eigenvalue weighted by Crippen LogP contribution is -2.47. The molecule has 0 bridgehead atoms. The lowest BCUT2D eigenvalue weighted by molar-refractivity contribution is 0.0170. The van der Waals surface area contributed by atoms with Crippen molar-refractivity contribution in [3.8, 4) is 0 Å². The van der Waals surface area contributed by atoms with Gasteiger partial charge in [0.15, 0.2) is 5.96 Å². The fraction of sp³-hybridized carbons (Fsp3) is 0.905. The molecule has 0 aliphatic carbocycles. The van der Waals surface area contributed by atoms with Gasteiger partial charge in [0.1, 0.15) is 5.60 Å². The first-order chi connectivity index (χ1) is 13.9. The van der Waals surface area contributed by atoms with E-state index in [0.29, 0.717) is 13.2 Å². The molecule has 178 valence electrons. The number of thioether (sulfide) groups is 1. The molecule has 30 heavy (non-hydrogen) atoms. The molecule has 2 N–H and O–H groups in total. The van der Waals surface area contributed by atoms with Crippen LogP contribution in [0.3, 0.4) is 0 Å². The van der Waals surface area contributed by atoms with Crippen LogP contribution in [0.25, 0.3) is 0 Å². The van der Waals surface area contributed by atoms with E-state index in [1.54, 1.807) is 0 Å². The molecule has 0 aromatic carbocycles. The smallest absolute Gasteiger partial charge is 0.407 e. The zero-order chi connectivity index (χ0) is 21.5. The van der Waals surface area contributed by atoms with Gasteiger partial charge in [0.25, 0.3) is 0 Å². The number of likely N-dealkylation sites (tertiary alicyclic amines) is 1. The third kappa shape index (κ3) is 14.6. The molecule has 9 heteroatoms. The van der Waals surface area contributed by atoms with Crippen molar-refractivity contribution in [3.63, 3.8) is 0 Å². The Bertz CT molecular complexity index is 481. The summed E-state index contributed by atoms with van der Waals surface area (Å²) in [7, 11) is 0. The molecule has 1 rings (SSSR count). The molecular formula is C21H43IN4O3S. The number of carbonyl (C=O) groups is 1. The summed E-state index contributed by atoms with van der Waals surface area (Å²) in [5.74, 6) is 2.25. The zero-order valence-electron chi connectivity index (χ0n) is 19.5. The summed E-state index contributed by atoms with van der Waals surface area (Å²) in [5, 5.41) is 6.19. The SMILES string of the molecule is CCNC(=NCCCCSC)N1CCC(OCCCNC(=O)OC(C)(C)C)CC1.I. The largest absolute Gasteiger partial charge is 0.444 e. The van der Waals surface area contributed by atoms with Crippen LogP contribution in [0, 0.1) is 0 Å². The second kappa shape index (κ2) is 17.2. The molecule has 0 radical (unpaired) electrons. The Kier molecular flexibility index (Phi) is 16.9. The monoisotopic (exact) mass is 558 g/mol. The number of piperidine rings is 1. The van der Waals surface area contributed by atoms with E-state index in [-0.39, 0.29) is 36.2 Å². The minimum absolute atomic E-state index is 0. The summed E-state index contributed by atoms with van der Waals surface area (Å²) in [4.78, 5) is 18.7. The summed E-state index contributed by atoms with van der Waals surface area (Å²) in [6.07, 6.45) is 7.26. The van der Waals surface area contributed by atoms with Crippen molar-refractivity contribution in [1.29, 1.82) is 0 Å². The Hall–Kier alpha value is -0.420. The Morgan fingerprint density at radius 2 is 1.87 bits per heavy atom. The number of nitrogens with zero attached hydrogens (tertiary/aromatic N) is 2. The predicted molar refractivity (Wildman–Crippen MR) is 138 cm³/mol. The van der Waals surface area contributed by atoms with E-state index in [1.807, 2.05) is 32.5 Å². The number of unbranched alkanes of at least 4 members (excludes halogenated alkanes) is 1. The van der Waals surface area contributed by atoms with Crippen LogP contribution >= 0.6 is 35.7 Å². The second-order valence-electron chi connectivity index (χ2n) is 8.27. The molecule has 0 saturated carbocycles. The van der Waals surface area contributed by atoms with Crippen LogP contribution in [0.4, 0.5) is 4.79 Å². The topological polar surface area (TPSA) is 75.2 Å². The van der Waals surface area contributed by atoms with Gasteiger partial charge in [-0.05, 0) is 71.8 Å². The van der Waals surface area contributed by atoms with Gasteiger partial charge in [-0.15, -0.1) is 24.0 Å². The quantitative estimate of drug-likeness (QED) is 0.172. The minimum Gasteiger partial charge on any atom is -0.444 e. The van der Waals surface area contributed by atoms with Crippen molar-refractivity contribution in [2.24, 2.45) is 4.99 Å². The fourth-order valence-corrected chi connectivity index (χ4v) is 3.52. The van der Waals surface area contributed by atoms with E-state index < -0.39 is 5.60 Å². The van der Waals surface area contributed by atoms with Crippen LogP contribution in [-0.4, -0.2) is 80.0 Å². The molecule has 0 spiro atoms. The minimum atomic E-state index is -0.460. The standard InChI is InChI=1S/C21H42N4O3S.HI/c1-6-22-19(23-12-7-8-17-29-5)25-14-10-18(11-15-25)27-16-9-13-24-20(26)28-21(2,3)4;/h18H,6-17H2,1-5H3,(H,22,23)(H,24,26);1H. The van der Waals surface area contributed by atoms with Gasteiger partial charge < -0.3 is 25.0 Å². The molecule has 1 saturated heterocycles. The molecule has 0 aromatic rings. The van der Waals surface area contributed by atoms with Gasteiger partial charge in [0.05, 0.1) is 6.10 Å². The number of ether oxygens (including phenoxy) is 2. The number of aliphatic imine (C=N–C) groups is 1. The number of hydrogen-bond acceptors (Lipinski definition) is 5. The molecular weight excluding hydrogens is 515 g/mol. The van der Waals surface area contributed by atoms with Gasteiger partial charge in [-0.2, -0.15) is 11.8 Å². The predicted octanol–water partition coefficient (Wildman–Crippen LogP) is 4.11. The third-order valence-corrected chi connectivity index (χ3v) is 5.13. The van der Waals surface area contributed by atoms with Crippen molar-refractivity contribution in [2.45, 2.75) is 71.5 Å². The van der Waals surface area contributed by atoms with Crippen LogP contribution in [0.1, 0.15) is 59.8 Å². The maximum Gasteiger partial charge on any atom is 0.407 e. The molecule has 1 amide bonds. The van der Waals surface area contributed by atoms with Gasteiger partial charge >= 0.3 is 6.09 Å². The van der Waals surface area contributed by atoms with E-state index >= 15 is 0 Å².